The van der Waals surface area contributed by atoms with Gasteiger partial charge in [0.25, 0.3) is 0 Å². The lowest BCUT2D eigenvalue weighted by molar-refractivity contribution is -0.189. The first-order valence-corrected chi connectivity index (χ1v) is 17.2. The Hall–Kier alpha value is -4.26. The van der Waals surface area contributed by atoms with Crippen molar-refractivity contribution in [3.05, 3.63) is 83.7 Å². The molecular weight excluding hydrogens is 644 g/mol. The highest BCUT2D eigenvalue weighted by Crippen LogP contribution is 2.66. The normalized spacial score (nSPS) is 37.7. The number of hydrogen-bond donors (Lipinski definition) is 4. The van der Waals surface area contributed by atoms with Crippen molar-refractivity contribution in [1.29, 1.82) is 0 Å². The number of aliphatic hydroxyl groups is 2. The van der Waals surface area contributed by atoms with Gasteiger partial charge in [-0.2, -0.15) is 0 Å². The van der Waals surface area contributed by atoms with E-state index < -0.39 is 77.7 Å². The summed E-state index contributed by atoms with van der Waals surface area (Å²) in [4.78, 5) is 54.8. The zero-order chi connectivity index (χ0) is 35.9. The second-order valence-corrected chi connectivity index (χ2v) is 14.2. The summed E-state index contributed by atoms with van der Waals surface area (Å²) in [6.07, 6.45) is 2.93. The number of carbonyl (C=O) groups is 4. The molecule has 4 N–H and O–H groups in total. The molecule has 1 aromatic heterocycles. The van der Waals surface area contributed by atoms with Gasteiger partial charge in [-0.3, -0.25) is 4.79 Å². The maximum atomic E-state index is 13.6. The van der Waals surface area contributed by atoms with Crippen LogP contribution < -0.4 is 5.32 Å². The number of H-pyrrole nitrogens is 1. The first kappa shape index (κ1) is 35.6. The number of allylic oxidation sites excluding steroid dienone is 1. The van der Waals surface area contributed by atoms with Crippen LogP contribution in [-0.2, 0) is 39.9 Å². The van der Waals surface area contributed by atoms with Crippen molar-refractivity contribution in [2.75, 3.05) is 7.11 Å². The molecule has 1 aromatic carbocycles. The van der Waals surface area contributed by atoms with E-state index in [0.717, 1.165) is 5.56 Å². The van der Waals surface area contributed by atoms with Gasteiger partial charge in [0.2, 0.25) is 0 Å². The summed E-state index contributed by atoms with van der Waals surface area (Å²) in [7, 11) is 1.39. The summed E-state index contributed by atoms with van der Waals surface area (Å²) in [5.74, 6) is -5.99. The third-order valence-electron chi connectivity index (χ3n) is 11.4. The summed E-state index contributed by atoms with van der Waals surface area (Å²) < 4.78 is 23.0. The monoisotopic (exact) mass is 690 g/mol. The van der Waals surface area contributed by atoms with Crippen molar-refractivity contribution >= 4 is 23.8 Å². The van der Waals surface area contributed by atoms with Crippen molar-refractivity contribution in [2.45, 2.75) is 76.8 Å². The highest BCUT2D eigenvalue weighted by atomic mass is 16.6. The molecule has 0 saturated heterocycles. The van der Waals surface area contributed by atoms with Crippen molar-refractivity contribution in [3.63, 3.8) is 0 Å². The fraction of sp³-hybridized carbons (Fsp3) is 0.526. The Balaban J connectivity index is 1.24. The highest BCUT2D eigenvalue weighted by Gasteiger charge is 2.71. The number of cyclic esters (lactones) is 1. The van der Waals surface area contributed by atoms with Crippen LogP contribution in [0.25, 0.3) is 0 Å². The molecule has 50 heavy (non-hydrogen) atoms. The maximum absolute atomic E-state index is 13.6. The first-order valence-electron chi connectivity index (χ1n) is 17.2. The number of aromatic amines is 1. The third-order valence-corrected chi connectivity index (χ3v) is 11.4. The Kier molecular flexibility index (Phi) is 10.1. The number of aromatic nitrogens is 1. The van der Waals surface area contributed by atoms with E-state index in [1.807, 2.05) is 62.4 Å². The Labute approximate surface area is 291 Å². The van der Waals surface area contributed by atoms with Gasteiger partial charge in [-0.1, -0.05) is 62.4 Å². The fourth-order valence-corrected chi connectivity index (χ4v) is 8.88. The van der Waals surface area contributed by atoms with Crippen LogP contribution in [0, 0.1) is 41.4 Å². The first-order chi connectivity index (χ1) is 23.9. The van der Waals surface area contributed by atoms with Crippen molar-refractivity contribution in [2.24, 2.45) is 41.4 Å². The molecule has 6 rings (SSSR count). The zero-order valence-corrected chi connectivity index (χ0v) is 28.9. The Morgan fingerprint density at radius 1 is 1.10 bits per heavy atom. The molecule has 12 nitrogen and oxygen atoms in total. The summed E-state index contributed by atoms with van der Waals surface area (Å²) in [6.45, 7) is 7.14. The van der Waals surface area contributed by atoms with Crippen LogP contribution in [0.5, 0.6) is 0 Å². The zero-order valence-electron chi connectivity index (χ0n) is 28.9. The van der Waals surface area contributed by atoms with E-state index >= 15 is 0 Å². The Bertz CT molecular complexity index is 1640. The molecule has 0 bridgehead atoms. The van der Waals surface area contributed by atoms with Crippen molar-refractivity contribution in [1.82, 2.24) is 10.3 Å². The van der Waals surface area contributed by atoms with Crippen LogP contribution in [0.4, 0.5) is 0 Å². The molecule has 268 valence electrons. The van der Waals surface area contributed by atoms with Gasteiger partial charge in [-0.05, 0) is 55.4 Å². The molecule has 0 spiro atoms. The summed E-state index contributed by atoms with van der Waals surface area (Å²) >= 11 is 0. The number of aliphatic hydroxyl groups excluding tert-OH is 1. The van der Waals surface area contributed by atoms with Crippen LogP contribution in [-0.4, -0.2) is 82.2 Å². The topological polar surface area (TPSA) is 173 Å². The average Bonchev–Trinajstić information content (AvgIpc) is 3.70. The number of ether oxygens (including phenoxy) is 4. The molecule has 1 amide bonds. The van der Waals surface area contributed by atoms with Gasteiger partial charge >= 0.3 is 23.8 Å². The van der Waals surface area contributed by atoms with E-state index in [2.05, 4.69) is 10.3 Å². The second-order valence-electron chi connectivity index (χ2n) is 14.2. The quantitative estimate of drug-likeness (QED) is 0.146. The lowest BCUT2D eigenvalue weighted by atomic mass is 9.46. The van der Waals surface area contributed by atoms with Gasteiger partial charge in [0.15, 0.2) is 6.10 Å². The molecule has 3 aliphatic carbocycles. The molecular formula is C38H46N2O10. The molecule has 4 aliphatic rings. The molecule has 12 heteroatoms. The minimum absolute atomic E-state index is 0.0855. The SMILES string of the molecule is CO[C@H]1C[C@H]2C=CC3C(C4[C@H]3[C@H](OC(=O)c3ccc[nH]3)[C@H](C)[C@H]4O)[C@]2(O)/C(C)=C/[C@@H](C)[C@@H]([C@@H](C)OC(=O)C(=O)NCc2ccccc2)OC1=O. The van der Waals surface area contributed by atoms with E-state index in [4.69, 9.17) is 18.9 Å². The van der Waals surface area contributed by atoms with Crippen LogP contribution >= 0.6 is 0 Å². The van der Waals surface area contributed by atoms with Gasteiger partial charge in [-0.25, -0.2) is 14.4 Å². The van der Waals surface area contributed by atoms with E-state index in [1.165, 1.54) is 7.11 Å². The van der Waals surface area contributed by atoms with Crippen molar-refractivity contribution in [3.8, 4) is 0 Å². The van der Waals surface area contributed by atoms with Crippen LogP contribution in [0.2, 0.25) is 0 Å². The molecule has 2 aromatic rings. The number of amides is 1. The summed E-state index contributed by atoms with van der Waals surface area (Å²) in [5, 5.41) is 27.0. The second kappa shape index (κ2) is 14.2. The van der Waals surface area contributed by atoms with Crippen LogP contribution in [0.1, 0.15) is 50.2 Å². The number of fused-ring (bicyclic) bond motifs is 6. The lowest BCUT2D eigenvalue weighted by Crippen LogP contribution is -2.65. The minimum atomic E-state index is -1.50. The number of hydrogen-bond acceptors (Lipinski definition) is 10. The number of benzene rings is 1. The van der Waals surface area contributed by atoms with E-state index in [0.29, 0.717) is 11.3 Å². The summed E-state index contributed by atoms with van der Waals surface area (Å²) in [5.41, 5.74) is 0.244. The number of esters is 3. The van der Waals surface area contributed by atoms with Crippen LogP contribution in [0.15, 0.2) is 72.5 Å². The molecule has 2 saturated carbocycles. The van der Waals surface area contributed by atoms with Gasteiger partial charge in [0, 0.05) is 49.4 Å². The third kappa shape index (κ3) is 6.29. The standard InChI is InChI=1S/C38H46N2O10/c1-19-16-20(2)38(46)24(13-14-25-28-29(30(25)38)31(41)21(3)33(28)50-35(43)26-12-9-15-39-26)17-27(47-5)36(44)49-32(19)22(4)48-37(45)34(42)40-18-23-10-7-6-8-11-23/h6-16,19,21-22,24-25,27-33,39,41,46H,17-18H2,1-5H3,(H,40,42)/b20-16+/t19-,21-,22-,24-,25?,27+,28+,29?,30?,31-,32+,33-,38+/m1/s1. The number of methoxy groups -OCH3 is 1. The fourth-order valence-electron chi connectivity index (χ4n) is 8.88. The molecule has 13 atom stereocenters. The number of nitrogens with one attached hydrogen (secondary N) is 2. The molecule has 1 aliphatic heterocycles. The molecule has 2 fully saturated rings. The van der Waals surface area contributed by atoms with E-state index in [9.17, 15) is 29.4 Å². The van der Waals surface area contributed by atoms with Gasteiger partial charge in [0.05, 0.1) is 11.7 Å². The van der Waals surface area contributed by atoms with Crippen molar-refractivity contribution < 1.29 is 48.3 Å². The molecule has 0 radical (unpaired) electrons. The Morgan fingerprint density at radius 3 is 2.52 bits per heavy atom. The smallest absolute Gasteiger partial charge is 0.397 e. The Morgan fingerprint density at radius 2 is 1.84 bits per heavy atom. The average molecular weight is 691 g/mol. The molecule has 2 heterocycles. The lowest BCUT2D eigenvalue weighted by Gasteiger charge is -2.61. The summed E-state index contributed by atoms with van der Waals surface area (Å²) in [6, 6.07) is 12.5. The number of rotatable bonds is 7. The van der Waals surface area contributed by atoms with Crippen LogP contribution in [0.3, 0.4) is 0 Å². The predicted molar refractivity (Wildman–Crippen MR) is 179 cm³/mol. The highest BCUT2D eigenvalue weighted by molar-refractivity contribution is 6.32. The maximum Gasteiger partial charge on any atom is 0.397 e. The van der Waals surface area contributed by atoms with Gasteiger partial charge < -0.3 is 39.5 Å². The van der Waals surface area contributed by atoms with E-state index in [-0.39, 0.29) is 36.6 Å². The predicted octanol–water partition coefficient (Wildman–Crippen LogP) is 3.11. The largest absolute Gasteiger partial charge is 0.457 e. The number of carbonyl (C=O) groups excluding carboxylic acids is 4. The van der Waals surface area contributed by atoms with Gasteiger partial charge in [0.1, 0.15) is 24.0 Å². The molecule has 3 unspecified atom stereocenters. The minimum Gasteiger partial charge on any atom is -0.457 e. The van der Waals surface area contributed by atoms with Gasteiger partial charge in [-0.15, -0.1) is 0 Å². The van der Waals surface area contributed by atoms with E-state index in [1.54, 1.807) is 32.2 Å².